The Morgan fingerprint density at radius 1 is 1.64 bits per heavy atom. The molecule has 0 N–H and O–H groups in total. The van der Waals surface area contributed by atoms with E-state index in [1.54, 1.807) is 0 Å². The quantitative estimate of drug-likeness (QED) is 0.560. The van der Waals surface area contributed by atoms with Crippen molar-refractivity contribution >= 4 is 23.2 Å². The average molecular weight is 195 g/mol. The van der Waals surface area contributed by atoms with Crippen LogP contribution in [0.25, 0.3) is 0 Å². The molecule has 1 aliphatic rings. The van der Waals surface area contributed by atoms with Crippen LogP contribution in [0.3, 0.4) is 0 Å². The molecule has 2 unspecified atom stereocenters. The Kier molecular flexibility index (Phi) is 2.97. The van der Waals surface area contributed by atoms with Crippen molar-refractivity contribution in [1.82, 2.24) is 0 Å². The molecule has 62 valence electrons. The zero-order chi connectivity index (χ0) is 8.43. The molecule has 0 spiro atoms. The molecule has 2 atom stereocenters. The summed E-state index contributed by atoms with van der Waals surface area (Å²) in [5.74, 6) is -0.243. The van der Waals surface area contributed by atoms with Crippen molar-refractivity contribution in [2.45, 2.75) is 18.7 Å². The van der Waals surface area contributed by atoms with Crippen LogP contribution in [0.5, 0.6) is 0 Å². The predicted molar refractivity (Wildman–Crippen MR) is 46.5 cm³/mol. The third-order valence-corrected chi connectivity index (χ3v) is 2.77. The number of hydrogen-bond donors (Lipinski definition) is 0. The van der Waals surface area contributed by atoms with E-state index in [2.05, 4.69) is 0 Å². The molecule has 0 saturated carbocycles. The molecular weight excluding hydrogens is 186 g/mol. The van der Waals surface area contributed by atoms with Crippen LogP contribution in [0, 0.1) is 5.92 Å². The molecule has 3 heteroatoms. The summed E-state index contributed by atoms with van der Waals surface area (Å²) in [4.78, 5) is 0. The van der Waals surface area contributed by atoms with Gasteiger partial charge < -0.3 is 0 Å². The van der Waals surface area contributed by atoms with Crippen LogP contribution in [0.1, 0.15) is 13.3 Å². The largest absolute Gasteiger partial charge is 0.207 e. The molecule has 0 aromatic heterocycles. The van der Waals surface area contributed by atoms with E-state index in [0.29, 0.717) is 5.03 Å². The summed E-state index contributed by atoms with van der Waals surface area (Å²) < 4.78 is 12.7. The lowest BCUT2D eigenvalue weighted by molar-refractivity contribution is 0.577. The maximum absolute atomic E-state index is 12.7. The molecule has 1 rings (SSSR count). The fourth-order valence-electron chi connectivity index (χ4n) is 1.08. The minimum absolute atomic E-state index is 0.0363. The zero-order valence-electron chi connectivity index (χ0n) is 6.15. The highest BCUT2D eigenvalue weighted by atomic mass is 35.5. The standard InChI is InChI=1S/C8H9Cl2F/c1-2-5-3-6(11)4-7(9)8(5)10/h3-5,8H,2H2,1H3. The molecule has 0 radical (unpaired) electrons. The van der Waals surface area contributed by atoms with Crippen LogP contribution in [-0.2, 0) is 0 Å². The smallest absolute Gasteiger partial charge is 0.120 e. The van der Waals surface area contributed by atoms with E-state index in [4.69, 9.17) is 23.2 Å². The Bertz CT molecular complexity index is 208. The lowest BCUT2D eigenvalue weighted by Crippen LogP contribution is -2.15. The molecule has 0 nitrogen and oxygen atoms in total. The maximum Gasteiger partial charge on any atom is 0.120 e. The number of hydrogen-bond acceptors (Lipinski definition) is 0. The van der Waals surface area contributed by atoms with E-state index in [9.17, 15) is 4.39 Å². The zero-order valence-corrected chi connectivity index (χ0v) is 7.66. The van der Waals surface area contributed by atoms with E-state index in [1.807, 2.05) is 6.92 Å². The van der Waals surface area contributed by atoms with Crippen LogP contribution in [0.2, 0.25) is 0 Å². The highest BCUT2D eigenvalue weighted by molar-refractivity contribution is 6.37. The third kappa shape index (κ3) is 1.97. The van der Waals surface area contributed by atoms with Crippen molar-refractivity contribution in [3.63, 3.8) is 0 Å². The summed E-state index contributed by atoms with van der Waals surface area (Å²) in [6, 6.07) is 0. The topological polar surface area (TPSA) is 0 Å². The molecule has 0 aromatic rings. The van der Waals surface area contributed by atoms with Gasteiger partial charge in [0.05, 0.1) is 5.38 Å². The summed E-state index contributed by atoms with van der Waals surface area (Å²) in [7, 11) is 0. The van der Waals surface area contributed by atoms with Gasteiger partial charge in [0.15, 0.2) is 0 Å². The summed E-state index contributed by atoms with van der Waals surface area (Å²) in [5, 5.41) is 0.152. The highest BCUT2D eigenvalue weighted by Gasteiger charge is 2.23. The van der Waals surface area contributed by atoms with Crippen LogP contribution < -0.4 is 0 Å². The van der Waals surface area contributed by atoms with E-state index in [-0.39, 0.29) is 17.1 Å². The summed E-state index contributed by atoms with van der Waals surface area (Å²) >= 11 is 11.6. The minimum atomic E-state index is -0.279. The van der Waals surface area contributed by atoms with Crippen LogP contribution >= 0.6 is 23.2 Å². The summed E-state index contributed by atoms with van der Waals surface area (Å²) in [5.41, 5.74) is 0. The second-order valence-corrected chi connectivity index (χ2v) is 3.46. The van der Waals surface area contributed by atoms with Gasteiger partial charge in [0.1, 0.15) is 5.83 Å². The van der Waals surface area contributed by atoms with Gasteiger partial charge in [-0.15, -0.1) is 11.6 Å². The van der Waals surface area contributed by atoms with Gasteiger partial charge in [-0.2, -0.15) is 0 Å². The Morgan fingerprint density at radius 3 is 2.82 bits per heavy atom. The van der Waals surface area contributed by atoms with Gasteiger partial charge in [0, 0.05) is 11.0 Å². The van der Waals surface area contributed by atoms with Crippen molar-refractivity contribution in [3.8, 4) is 0 Å². The lowest BCUT2D eigenvalue weighted by Gasteiger charge is -2.20. The van der Waals surface area contributed by atoms with E-state index >= 15 is 0 Å². The molecule has 1 aliphatic carbocycles. The first-order valence-electron chi connectivity index (χ1n) is 3.53. The van der Waals surface area contributed by atoms with Gasteiger partial charge in [-0.05, 0) is 18.6 Å². The van der Waals surface area contributed by atoms with Crippen LogP contribution in [0.4, 0.5) is 4.39 Å². The van der Waals surface area contributed by atoms with Gasteiger partial charge in [-0.25, -0.2) is 4.39 Å². The van der Waals surface area contributed by atoms with E-state index < -0.39 is 0 Å². The first kappa shape index (κ1) is 9.08. The van der Waals surface area contributed by atoms with Crippen molar-refractivity contribution < 1.29 is 4.39 Å². The van der Waals surface area contributed by atoms with E-state index in [0.717, 1.165) is 6.42 Å². The Morgan fingerprint density at radius 2 is 2.27 bits per heavy atom. The molecule has 0 bridgehead atoms. The average Bonchev–Trinajstić information content (AvgIpc) is 1.96. The summed E-state index contributed by atoms with van der Waals surface area (Å²) in [6.45, 7) is 1.96. The highest BCUT2D eigenvalue weighted by Crippen LogP contribution is 2.32. The SMILES string of the molecule is CCC1C=C(F)C=C(Cl)C1Cl. The number of allylic oxidation sites excluding steroid dienone is 4. The van der Waals surface area contributed by atoms with Crippen molar-refractivity contribution in [2.24, 2.45) is 5.92 Å². The minimum Gasteiger partial charge on any atom is -0.207 e. The Balaban J connectivity index is 2.81. The second kappa shape index (κ2) is 3.59. The molecule has 0 saturated heterocycles. The van der Waals surface area contributed by atoms with Crippen molar-refractivity contribution in [3.05, 3.63) is 23.0 Å². The van der Waals surface area contributed by atoms with Gasteiger partial charge >= 0.3 is 0 Å². The molecule has 0 heterocycles. The Hall–Kier alpha value is -0.0100. The van der Waals surface area contributed by atoms with Gasteiger partial charge in [0.2, 0.25) is 0 Å². The van der Waals surface area contributed by atoms with Gasteiger partial charge in [-0.3, -0.25) is 0 Å². The normalized spacial score (nSPS) is 31.3. The molecule has 0 amide bonds. The van der Waals surface area contributed by atoms with Gasteiger partial charge in [0.25, 0.3) is 0 Å². The number of rotatable bonds is 1. The fourth-order valence-corrected chi connectivity index (χ4v) is 1.66. The monoisotopic (exact) mass is 194 g/mol. The third-order valence-electron chi connectivity index (χ3n) is 1.76. The predicted octanol–water partition coefficient (Wildman–Crippen LogP) is 3.61. The molecule has 0 aliphatic heterocycles. The molecule has 0 aromatic carbocycles. The number of alkyl halides is 1. The molecular formula is C8H9Cl2F. The first-order chi connectivity index (χ1) is 5.15. The van der Waals surface area contributed by atoms with Crippen LogP contribution in [0.15, 0.2) is 23.0 Å². The van der Waals surface area contributed by atoms with Crippen molar-refractivity contribution in [1.29, 1.82) is 0 Å². The van der Waals surface area contributed by atoms with Crippen molar-refractivity contribution in [2.75, 3.05) is 0 Å². The maximum atomic E-state index is 12.7. The van der Waals surface area contributed by atoms with E-state index in [1.165, 1.54) is 12.2 Å². The lowest BCUT2D eigenvalue weighted by atomic mass is 9.97. The number of halogens is 3. The summed E-state index contributed by atoms with van der Waals surface area (Å²) in [6.07, 6.45) is 3.60. The fraction of sp³-hybridized carbons (Fsp3) is 0.500. The second-order valence-electron chi connectivity index (χ2n) is 2.55. The molecule has 11 heavy (non-hydrogen) atoms. The Labute approximate surface area is 75.7 Å². The van der Waals surface area contributed by atoms with Crippen LogP contribution in [-0.4, -0.2) is 5.38 Å². The van der Waals surface area contributed by atoms with Gasteiger partial charge in [-0.1, -0.05) is 18.5 Å². The molecule has 0 fully saturated rings. The first-order valence-corrected chi connectivity index (χ1v) is 4.35.